The quantitative estimate of drug-likeness (QED) is 0.772. The predicted molar refractivity (Wildman–Crippen MR) is 89.4 cm³/mol. The number of rotatable bonds is 8. The van der Waals surface area contributed by atoms with Crippen molar-refractivity contribution in [2.24, 2.45) is 0 Å². The molecular weight excluding hydrogens is 278 g/mol. The third kappa shape index (κ3) is 5.66. The second-order valence-corrected chi connectivity index (χ2v) is 5.88. The molecule has 0 aliphatic carbocycles. The highest BCUT2D eigenvalue weighted by Crippen LogP contribution is 2.15. The molecule has 0 saturated carbocycles. The first-order valence-electron chi connectivity index (χ1n) is 8.07. The van der Waals surface area contributed by atoms with Crippen LogP contribution in [-0.4, -0.2) is 50.1 Å². The molecule has 0 unspecified atom stereocenters. The second-order valence-electron chi connectivity index (χ2n) is 5.88. The summed E-state index contributed by atoms with van der Waals surface area (Å²) >= 11 is 0. The molecular formula is C17H27N3O2. The molecule has 1 aromatic rings. The van der Waals surface area contributed by atoms with Crippen LogP contribution in [0.25, 0.3) is 0 Å². The van der Waals surface area contributed by atoms with Crippen molar-refractivity contribution in [1.29, 1.82) is 0 Å². The van der Waals surface area contributed by atoms with Gasteiger partial charge in [-0.25, -0.2) is 0 Å². The Kier molecular flexibility index (Phi) is 6.68. The Hall–Kier alpha value is -1.59. The van der Waals surface area contributed by atoms with E-state index in [1.807, 2.05) is 24.3 Å². The van der Waals surface area contributed by atoms with Gasteiger partial charge in [-0.05, 0) is 57.1 Å². The monoisotopic (exact) mass is 305 g/mol. The van der Waals surface area contributed by atoms with E-state index in [1.165, 1.54) is 25.9 Å². The van der Waals surface area contributed by atoms with E-state index < -0.39 is 0 Å². The Labute approximate surface area is 133 Å². The number of nitrogens with zero attached hydrogens (tertiary/aromatic N) is 1. The van der Waals surface area contributed by atoms with Crippen molar-refractivity contribution in [3.8, 4) is 5.75 Å². The summed E-state index contributed by atoms with van der Waals surface area (Å²) in [5.41, 5.74) is 0.801. The molecule has 1 amide bonds. The van der Waals surface area contributed by atoms with Crippen molar-refractivity contribution < 1.29 is 9.53 Å². The van der Waals surface area contributed by atoms with Crippen LogP contribution < -0.4 is 15.4 Å². The molecule has 0 radical (unpaired) electrons. The summed E-state index contributed by atoms with van der Waals surface area (Å²) < 4.78 is 5.10. The number of hydrogen-bond acceptors (Lipinski definition) is 4. The molecule has 5 heteroatoms. The molecule has 1 saturated heterocycles. The predicted octanol–water partition coefficient (Wildman–Crippen LogP) is 2.10. The highest BCUT2D eigenvalue weighted by atomic mass is 16.5. The zero-order valence-electron chi connectivity index (χ0n) is 13.6. The fraction of sp³-hybridized carbons (Fsp3) is 0.588. The van der Waals surface area contributed by atoms with Gasteiger partial charge in [-0.1, -0.05) is 0 Å². The first-order chi connectivity index (χ1) is 10.7. The van der Waals surface area contributed by atoms with Crippen molar-refractivity contribution >= 4 is 11.6 Å². The van der Waals surface area contributed by atoms with Crippen LogP contribution in [0.4, 0.5) is 5.69 Å². The Bertz CT molecular complexity index is 455. The summed E-state index contributed by atoms with van der Waals surface area (Å²) in [6.45, 7) is 6.50. The minimum Gasteiger partial charge on any atom is -0.497 e. The number of benzene rings is 1. The number of carbonyl (C=O) groups excluding carboxylic acids is 1. The number of likely N-dealkylation sites (tertiary alicyclic amines) is 1. The molecule has 1 atom stereocenters. The van der Waals surface area contributed by atoms with Gasteiger partial charge in [0.25, 0.3) is 0 Å². The lowest BCUT2D eigenvalue weighted by molar-refractivity contribution is -0.116. The smallest absolute Gasteiger partial charge is 0.225 e. The van der Waals surface area contributed by atoms with E-state index in [1.54, 1.807) is 7.11 Å². The number of carbonyl (C=O) groups is 1. The summed E-state index contributed by atoms with van der Waals surface area (Å²) in [5.74, 6) is 0.821. The fourth-order valence-corrected chi connectivity index (χ4v) is 2.71. The number of nitrogens with one attached hydrogen (secondary N) is 2. The van der Waals surface area contributed by atoms with Gasteiger partial charge >= 0.3 is 0 Å². The zero-order valence-corrected chi connectivity index (χ0v) is 13.6. The molecule has 1 aliphatic heterocycles. The topological polar surface area (TPSA) is 53.6 Å². The molecule has 1 aromatic carbocycles. The van der Waals surface area contributed by atoms with Gasteiger partial charge in [0, 0.05) is 31.2 Å². The van der Waals surface area contributed by atoms with Crippen molar-refractivity contribution in [3.05, 3.63) is 24.3 Å². The highest BCUT2D eigenvalue weighted by Gasteiger charge is 2.12. The van der Waals surface area contributed by atoms with Crippen LogP contribution in [-0.2, 0) is 4.79 Å². The summed E-state index contributed by atoms with van der Waals surface area (Å²) in [7, 11) is 1.63. The van der Waals surface area contributed by atoms with Gasteiger partial charge in [-0.15, -0.1) is 0 Å². The highest BCUT2D eigenvalue weighted by molar-refractivity contribution is 5.91. The van der Waals surface area contributed by atoms with E-state index in [2.05, 4.69) is 22.5 Å². The Morgan fingerprint density at radius 3 is 2.59 bits per heavy atom. The molecule has 1 aliphatic rings. The number of hydrogen-bond donors (Lipinski definition) is 2. The lowest BCUT2D eigenvalue weighted by Gasteiger charge is -2.18. The number of ether oxygens (including phenoxy) is 1. The Morgan fingerprint density at radius 2 is 1.95 bits per heavy atom. The molecule has 0 spiro atoms. The summed E-state index contributed by atoms with van der Waals surface area (Å²) in [4.78, 5) is 14.5. The van der Waals surface area contributed by atoms with E-state index in [9.17, 15) is 4.79 Å². The maximum Gasteiger partial charge on any atom is 0.225 e. The van der Waals surface area contributed by atoms with Crippen LogP contribution in [0.15, 0.2) is 24.3 Å². The SMILES string of the molecule is COc1ccc(NC(=O)C[C@@H](C)NCCN2CCCC2)cc1. The van der Waals surface area contributed by atoms with Crippen molar-refractivity contribution in [2.75, 3.05) is 38.6 Å². The summed E-state index contributed by atoms with van der Waals surface area (Å²) in [5, 5.41) is 6.33. The lowest BCUT2D eigenvalue weighted by atomic mass is 10.2. The Balaban J connectivity index is 1.64. The molecule has 2 N–H and O–H groups in total. The van der Waals surface area contributed by atoms with E-state index in [-0.39, 0.29) is 11.9 Å². The summed E-state index contributed by atoms with van der Waals surface area (Å²) in [6, 6.07) is 7.56. The second kappa shape index (κ2) is 8.76. The van der Waals surface area contributed by atoms with Gasteiger partial charge in [0.1, 0.15) is 5.75 Å². The third-order valence-corrected chi connectivity index (χ3v) is 3.98. The summed E-state index contributed by atoms with van der Waals surface area (Å²) in [6.07, 6.45) is 3.12. The number of anilines is 1. The first-order valence-corrected chi connectivity index (χ1v) is 8.07. The van der Waals surface area contributed by atoms with Crippen molar-refractivity contribution in [3.63, 3.8) is 0 Å². The van der Waals surface area contributed by atoms with E-state index in [4.69, 9.17) is 4.74 Å². The van der Waals surface area contributed by atoms with E-state index in [0.717, 1.165) is 24.5 Å². The van der Waals surface area contributed by atoms with Gasteiger partial charge in [-0.3, -0.25) is 4.79 Å². The molecule has 2 rings (SSSR count). The number of methoxy groups -OCH3 is 1. The van der Waals surface area contributed by atoms with Crippen LogP contribution in [0.3, 0.4) is 0 Å². The average molecular weight is 305 g/mol. The maximum atomic E-state index is 12.0. The van der Waals surface area contributed by atoms with E-state index >= 15 is 0 Å². The van der Waals surface area contributed by atoms with Gasteiger partial charge in [0.15, 0.2) is 0 Å². The fourth-order valence-electron chi connectivity index (χ4n) is 2.71. The largest absolute Gasteiger partial charge is 0.497 e. The van der Waals surface area contributed by atoms with Crippen LogP contribution in [0.2, 0.25) is 0 Å². The lowest BCUT2D eigenvalue weighted by Crippen LogP contribution is -2.36. The normalized spacial score (nSPS) is 16.5. The third-order valence-electron chi connectivity index (χ3n) is 3.98. The van der Waals surface area contributed by atoms with Crippen LogP contribution >= 0.6 is 0 Å². The van der Waals surface area contributed by atoms with Gasteiger partial charge in [0.2, 0.25) is 5.91 Å². The molecule has 0 bridgehead atoms. The number of amides is 1. The van der Waals surface area contributed by atoms with Crippen molar-refractivity contribution in [1.82, 2.24) is 10.2 Å². The molecule has 1 heterocycles. The molecule has 0 aromatic heterocycles. The van der Waals surface area contributed by atoms with Gasteiger partial charge in [0.05, 0.1) is 7.11 Å². The average Bonchev–Trinajstić information content (AvgIpc) is 3.01. The maximum absolute atomic E-state index is 12.0. The minimum atomic E-state index is 0.0336. The van der Waals surface area contributed by atoms with Crippen molar-refractivity contribution in [2.45, 2.75) is 32.2 Å². The zero-order chi connectivity index (χ0) is 15.8. The Morgan fingerprint density at radius 1 is 1.27 bits per heavy atom. The van der Waals surface area contributed by atoms with Crippen LogP contribution in [0.1, 0.15) is 26.2 Å². The van der Waals surface area contributed by atoms with E-state index in [0.29, 0.717) is 6.42 Å². The minimum absolute atomic E-state index is 0.0336. The van der Waals surface area contributed by atoms with Gasteiger partial charge in [-0.2, -0.15) is 0 Å². The standard InChI is InChI=1S/C17H27N3O2/c1-14(18-9-12-20-10-3-4-11-20)13-17(21)19-15-5-7-16(22-2)8-6-15/h5-8,14,18H,3-4,9-13H2,1-2H3,(H,19,21)/t14-/m1/s1. The van der Waals surface area contributed by atoms with Crippen LogP contribution in [0, 0.1) is 0 Å². The van der Waals surface area contributed by atoms with Gasteiger partial charge < -0.3 is 20.3 Å². The molecule has 22 heavy (non-hydrogen) atoms. The van der Waals surface area contributed by atoms with Crippen LogP contribution in [0.5, 0.6) is 5.75 Å². The molecule has 122 valence electrons. The molecule has 1 fully saturated rings. The molecule has 5 nitrogen and oxygen atoms in total. The first kappa shape index (κ1) is 16.8.